The van der Waals surface area contributed by atoms with Gasteiger partial charge in [-0.1, -0.05) is 11.6 Å². The topological polar surface area (TPSA) is 55.0 Å². The number of ether oxygens (including phenoxy) is 1. The molecule has 0 fully saturated rings. The van der Waals surface area contributed by atoms with E-state index in [2.05, 4.69) is 25.9 Å². The van der Waals surface area contributed by atoms with Gasteiger partial charge in [0.2, 0.25) is 0 Å². The first kappa shape index (κ1) is 14.7. The highest BCUT2D eigenvalue weighted by Gasteiger charge is 2.28. The molecule has 0 saturated heterocycles. The van der Waals surface area contributed by atoms with Crippen LogP contribution in [-0.4, -0.2) is 22.4 Å². The Morgan fingerprint density at radius 3 is 3.13 bits per heavy atom. The molecule has 3 heterocycles. The predicted octanol–water partition coefficient (Wildman–Crippen LogP) is 4.41. The Balaban J connectivity index is 1.66. The van der Waals surface area contributed by atoms with Gasteiger partial charge in [0.25, 0.3) is 0 Å². The summed E-state index contributed by atoms with van der Waals surface area (Å²) < 4.78 is 6.46. The second kappa shape index (κ2) is 5.65. The van der Waals surface area contributed by atoms with Gasteiger partial charge in [-0.05, 0) is 52.2 Å². The minimum absolute atomic E-state index is 0.0611. The highest BCUT2D eigenvalue weighted by molar-refractivity contribution is 9.10. The number of Topliss-reactive ketones (excluding diaryl/α,β-unsaturated/α-hetero) is 1. The summed E-state index contributed by atoms with van der Waals surface area (Å²) in [5.41, 5.74) is 2.51. The lowest BCUT2D eigenvalue weighted by Crippen LogP contribution is -2.28. The van der Waals surface area contributed by atoms with Gasteiger partial charge in [-0.15, -0.1) is 0 Å². The minimum atomic E-state index is -0.219. The summed E-state index contributed by atoms with van der Waals surface area (Å²) in [5, 5.41) is 1.48. The normalized spacial score (nSPS) is 16.9. The number of rotatable bonds is 2. The van der Waals surface area contributed by atoms with Crippen LogP contribution in [0.25, 0.3) is 10.9 Å². The maximum atomic E-state index is 12.9. The number of nitrogens with zero attached hydrogens (tertiary/aromatic N) is 1. The molecule has 1 aliphatic rings. The lowest BCUT2D eigenvalue weighted by Gasteiger charge is -2.24. The Morgan fingerprint density at radius 1 is 1.39 bits per heavy atom. The Bertz CT molecular complexity index is 922. The van der Waals surface area contributed by atoms with Gasteiger partial charge in [-0.3, -0.25) is 4.79 Å². The molecule has 1 aromatic carbocycles. The summed E-state index contributed by atoms with van der Waals surface area (Å²) in [4.78, 5) is 20.2. The van der Waals surface area contributed by atoms with Crippen molar-refractivity contribution in [3.8, 4) is 5.75 Å². The third kappa shape index (κ3) is 2.64. The number of halogens is 2. The van der Waals surface area contributed by atoms with Gasteiger partial charge in [0.1, 0.15) is 10.4 Å². The van der Waals surface area contributed by atoms with E-state index in [-0.39, 0.29) is 11.7 Å². The first-order valence-electron chi connectivity index (χ1n) is 7.20. The number of hydrogen-bond donors (Lipinski definition) is 1. The van der Waals surface area contributed by atoms with Gasteiger partial charge < -0.3 is 9.72 Å². The van der Waals surface area contributed by atoms with Crippen LogP contribution in [0, 0.1) is 5.92 Å². The van der Waals surface area contributed by atoms with Crippen LogP contribution in [0.1, 0.15) is 15.9 Å². The highest BCUT2D eigenvalue weighted by Crippen LogP contribution is 2.32. The molecule has 0 amide bonds. The first-order valence-corrected chi connectivity index (χ1v) is 8.37. The van der Waals surface area contributed by atoms with E-state index >= 15 is 0 Å². The monoisotopic (exact) mass is 390 g/mol. The van der Waals surface area contributed by atoms with Crippen LogP contribution in [0.3, 0.4) is 0 Å². The van der Waals surface area contributed by atoms with Crippen molar-refractivity contribution in [1.29, 1.82) is 0 Å². The highest BCUT2D eigenvalue weighted by atomic mass is 79.9. The number of aromatic nitrogens is 2. The van der Waals surface area contributed by atoms with Crippen LogP contribution in [0.2, 0.25) is 5.02 Å². The molecule has 1 atom stereocenters. The van der Waals surface area contributed by atoms with Crippen molar-refractivity contribution >= 4 is 44.2 Å². The summed E-state index contributed by atoms with van der Waals surface area (Å²) >= 11 is 9.37. The van der Waals surface area contributed by atoms with E-state index in [1.165, 1.54) is 0 Å². The minimum Gasteiger partial charge on any atom is -0.493 e. The van der Waals surface area contributed by atoms with Crippen LogP contribution in [0.5, 0.6) is 5.75 Å². The summed E-state index contributed by atoms with van der Waals surface area (Å²) in [5.74, 6) is 0.651. The Kier molecular flexibility index (Phi) is 3.62. The first-order chi connectivity index (χ1) is 11.1. The third-order valence-electron chi connectivity index (χ3n) is 4.10. The Morgan fingerprint density at radius 2 is 2.26 bits per heavy atom. The van der Waals surface area contributed by atoms with Crippen LogP contribution in [-0.2, 0) is 6.42 Å². The van der Waals surface area contributed by atoms with Gasteiger partial charge in [-0.2, -0.15) is 0 Å². The fraction of sp³-hybridized carbons (Fsp3) is 0.176. The molecule has 1 N–H and O–H groups in total. The Hall–Kier alpha value is -1.85. The Labute approximate surface area is 145 Å². The van der Waals surface area contributed by atoms with E-state index in [0.717, 1.165) is 26.8 Å². The molecule has 0 spiro atoms. The van der Waals surface area contributed by atoms with Crippen molar-refractivity contribution in [2.75, 3.05) is 6.61 Å². The predicted molar refractivity (Wildman–Crippen MR) is 92.3 cm³/mol. The summed E-state index contributed by atoms with van der Waals surface area (Å²) in [6, 6.07) is 7.38. The fourth-order valence-electron chi connectivity index (χ4n) is 2.95. The van der Waals surface area contributed by atoms with E-state index < -0.39 is 0 Å². The zero-order valence-corrected chi connectivity index (χ0v) is 14.3. The van der Waals surface area contributed by atoms with Crippen molar-refractivity contribution in [3.63, 3.8) is 0 Å². The number of pyridine rings is 1. The summed E-state index contributed by atoms with van der Waals surface area (Å²) in [6.07, 6.45) is 4.08. The van der Waals surface area contributed by atoms with Gasteiger partial charge in [-0.25, -0.2) is 4.98 Å². The van der Waals surface area contributed by atoms with Crippen LogP contribution >= 0.6 is 27.5 Å². The SMILES string of the molecule is O=C(c1c[nH]c2cc(Br)ncc12)[C@H]1COc2ccc(Cl)cc2C1. The maximum Gasteiger partial charge on any atom is 0.171 e. The van der Waals surface area contributed by atoms with Crippen molar-refractivity contribution in [1.82, 2.24) is 9.97 Å². The molecule has 0 bridgehead atoms. The quantitative estimate of drug-likeness (QED) is 0.520. The van der Waals surface area contributed by atoms with E-state index in [0.29, 0.717) is 23.6 Å². The van der Waals surface area contributed by atoms with Gasteiger partial charge in [0.05, 0.1) is 18.0 Å². The lowest BCUT2D eigenvalue weighted by atomic mass is 9.90. The van der Waals surface area contributed by atoms with Crippen molar-refractivity contribution in [2.45, 2.75) is 6.42 Å². The summed E-state index contributed by atoms with van der Waals surface area (Å²) in [7, 11) is 0. The maximum absolute atomic E-state index is 12.9. The van der Waals surface area contributed by atoms with Crippen LogP contribution in [0.15, 0.2) is 41.3 Å². The zero-order valence-electron chi connectivity index (χ0n) is 12.0. The number of fused-ring (bicyclic) bond motifs is 2. The molecular weight excluding hydrogens is 380 g/mol. The van der Waals surface area contributed by atoms with Crippen molar-refractivity contribution in [2.24, 2.45) is 5.92 Å². The number of aromatic amines is 1. The van der Waals surface area contributed by atoms with Gasteiger partial charge >= 0.3 is 0 Å². The number of carbonyl (C=O) groups is 1. The van der Waals surface area contributed by atoms with E-state index in [1.54, 1.807) is 18.5 Å². The molecule has 0 aliphatic carbocycles. The second-order valence-electron chi connectivity index (χ2n) is 5.58. The third-order valence-corrected chi connectivity index (χ3v) is 4.77. The molecule has 3 aromatic rings. The molecule has 0 unspecified atom stereocenters. The molecule has 0 radical (unpaired) electrons. The van der Waals surface area contributed by atoms with Crippen LogP contribution in [0.4, 0.5) is 0 Å². The largest absolute Gasteiger partial charge is 0.493 e. The lowest BCUT2D eigenvalue weighted by molar-refractivity contribution is 0.0857. The molecule has 1 aliphatic heterocycles. The average molecular weight is 392 g/mol. The molecule has 23 heavy (non-hydrogen) atoms. The van der Waals surface area contributed by atoms with Gasteiger partial charge in [0, 0.05) is 28.4 Å². The van der Waals surface area contributed by atoms with Crippen LogP contribution < -0.4 is 4.74 Å². The molecular formula is C17H12BrClN2O2. The molecule has 116 valence electrons. The number of hydrogen-bond acceptors (Lipinski definition) is 3. The number of ketones is 1. The van der Waals surface area contributed by atoms with E-state index in [9.17, 15) is 4.79 Å². The molecule has 4 nitrogen and oxygen atoms in total. The van der Waals surface area contributed by atoms with Crippen molar-refractivity contribution < 1.29 is 9.53 Å². The van der Waals surface area contributed by atoms with E-state index in [4.69, 9.17) is 16.3 Å². The summed E-state index contributed by atoms with van der Waals surface area (Å²) in [6.45, 7) is 0.379. The average Bonchev–Trinajstić information content (AvgIpc) is 2.96. The fourth-order valence-corrected chi connectivity index (χ4v) is 3.47. The molecule has 6 heteroatoms. The zero-order chi connectivity index (χ0) is 16.0. The van der Waals surface area contributed by atoms with Gasteiger partial charge in [0.15, 0.2) is 5.78 Å². The molecule has 0 saturated carbocycles. The standard InChI is InChI=1S/C17H12BrClN2O2/c18-16-5-14-12(6-21-16)13(7-20-14)17(22)10-3-9-4-11(19)1-2-15(9)23-8-10/h1-2,4-7,10,20H,3,8H2/t10-/m1/s1. The smallest absolute Gasteiger partial charge is 0.171 e. The number of nitrogens with one attached hydrogen (secondary N) is 1. The van der Waals surface area contributed by atoms with Crippen molar-refractivity contribution in [3.05, 3.63) is 57.4 Å². The molecule has 4 rings (SSSR count). The van der Waals surface area contributed by atoms with E-state index in [1.807, 2.05) is 18.2 Å². The second-order valence-corrected chi connectivity index (χ2v) is 6.83. The number of H-pyrrole nitrogens is 1. The molecule has 2 aromatic heterocycles. The number of benzene rings is 1. The number of carbonyl (C=O) groups excluding carboxylic acids is 1.